The van der Waals surface area contributed by atoms with Gasteiger partial charge in [-0.1, -0.05) is 13.8 Å². The molecule has 4 aliphatic rings. The van der Waals surface area contributed by atoms with Gasteiger partial charge in [0.2, 0.25) is 0 Å². The standard InChI is InChI=1S/C42H48N4O16/c1-41(17-39(59)60)23(5-9-35(51)52)29-14-27-21(11-37(55)56)19(3-7-33(47)48)25(43-27)13-26-20(4-8-34(49)50)22(12-38(57)58)28(44-26)15-31-42(2,18-40(61)62)24(6-10-36(53)54)30(46-31)16-32(41)45-29/h14-16,21,23-24,43-44H,3-13,17-18H2,1-2H3,(H,47,48)(H,49,50)(H,51,52)(H,53,54)(H,55,56)(H,57,58)(H,59,60)(H,61,62)/b27-14?,31-15-,32-16?/t21?,23-,24-,41+,42+/m1/s1. The van der Waals surface area contributed by atoms with Gasteiger partial charge in [-0.15, -0.1) is 0 Å². The average molecular weight is 865 g/mol. The molecule has 5 heterocycles. The molecule has 0 saturated carbocycles. The van der Waals surface area contributed by atoms with Crippen molar-refractivity contribution in [3.63, 3.8) is 0 Å². The molecule has 1 aromatic rings. The van der Waals surface area contributed by atoms with E-state index in [1.165, 1.54) is 18.2 Å². The van der Waals surface area contributed by atoms with Gasteiger partial charge in [0.1, 0.15) is 0 Å². The molecule has 0 fully saturated rings. The zero-order chi connectivity index (χ0) is 45.8. The number of rotatable bonds is 20. The fourth-order valence-corrected chi connectivity index (χ4v) is 9.32. The second-order valence-corrected chi connectivity index (χ2v) is 16.5. The van der Waals surface area contributed by atoms with Crippen molar-refractivity contribution in [1.29, 1.82) is 0 Å². The third-order valence-corrected chi connectivity index (χ3v) is 12.2. The molecule has 20 heteroatoms. The minimum Gasteiger partial charge on any atom is -0.481 e. The van der Waals surface area contributed by atoms with Crippen LogP contribution in [0.3, 0.4) is 0 Å². The first-order valence-electron chi connectivity index (χ1n) is 19.8. The van der Waals surface area contributed by atoms with Gasteiger partial charge in [-0.05, 0) is 60.6 Å². The summed E-state index contributed by atoms with van der Waals surface area (Å²) in [7, 11) is 0. The van der Waals surface area contributed by atoms with E-state index in [0.717, 1.165) is 0 Å². The lowest BCUT2D eigenvalue weighted by Gasteiger charge is -2.33. The van der Waals surface area contributed by atoms with E-state index in [1.54, 1.807) is 13.8 Å². The number of fused-ring (bicyclic) bond motifs is 6. The van der Waals surface area contributed by atoms with Crippen LogP contribution >= 0.6 is 0 Å². The summed E-state index contributed by atoms with van der Waals surface area (Å²) in [5, 5.41) is 83.0. The zero-order valence-electron chi connectivity index (χ0n) is 33.9. The number of aliphatic imine (C=N–C) groups is 2. The number of nitrogens with one attached hydrogen (secondary N) is 2. The van der Waals surface area contributed by atoms with Gasteiger partial charge in [-0.2, -0.15) is 0 Å². The molecular weight excluding hydrogens is 816 g/mol. The molecule has 20 nitrogen and oxygen atoms in total. The van der Waals surface area contributed by atoms with Crippen LogP contribution in [0.1, 0.15) is 101 Å². The third kappa shape index (κ3) is 10.2. The SMILES string of the molecule is C[C@@]1(CC(=O)O)C2=CC3=N/C(=C\c4[nH]c(c(CCC(=O)O)c4CC(=O)O)CC4=C(CCC(=O)O)C(CC(=O)O)C(=CC(=N2)[C@H]1CCC(=O)O)N4)[C@@](C)(CC(=O)O)[C@@H]3CCC(=O)O. The van der Waals surface area contributed by atoms with Gasteiger partial charge in [0, 0.05) is 106 Å². The molecule has 5 atom stereocenters. The van der Waals surface area contributed by atoms with Crippen molar-refractivity contribution in [2.75, 3.05) is 0 Å². The van der Waals surface area contributed by atoms with E-state index in [1.807, 2.05) is 0 Å². The van der Waals surface area contributed by atoms with Crippen molar-refractivity contribution in [2.45, 2.75) is 97.3 Å². The second-order valence-electron chi connectivity index (χ2n) is 16.5. The number of aromatic amines is 1. The van der Waals surface area contributed by atoms with Gasteiger partial charge in [0.15, 0.2) is 0 Å². The predicted molar refractivity (Wildman–Crippen MR) is 215 cm³/mol. The summed E-state index contributed by atoms with van der Waals surface area (Å²) < 4.78 is 0. The van der Waals surface area contributed by atoms with Gasteiger partial charge < -0.3 is 51.2 Å². The Morgan fingerprint density at radius 2 is 1.11 bits per heavy atom. The summed E-state index contributed by atoms with van der Waals surface area (Å²) >= 11 is 0. The number of nitrogens with zero attached hydrogens (tertiary/aromatic N) is 2. The Morgan fingerprint density at radius 1 is 0.613 bits per heavy atom. The Labute approximate surface area is 353 Å². The van der Waals surface area contributed by atoms with Crippen LogP contribution in [0, 0.1) is 28.6 Å². The first-order chi connectivity index (χ1) is 29.0. The van der Waals surface area contributed by atoms with Crippen LogP contribution < -0.4 is 5.32 Å². The summed E-state index contributed by atoms with van der Waals surface area (Å²) in [6.07, 6.45) is -0.612. The highest BCUT2D eigenvalue weighted by molar-refractivity contribution is 6.06. The molecule has 1 unspecified atom stereocenters. The Hall–Kier alpha value is -6.86. The number of carboxylic acids is 8. The van der Waals surface area contributed by atoms with E-state index >= 15 is 0 Å². The molecule has 332 valence electrons. The molecule has 5 rings (SSSR count). The van der Waals surface area contributed by atoms with Crippen molar-refractivity contribution in [3.8, 4) is 0 Å². The lowest BCUT2D eigenvalue weighted by molar-refractivity contribution is -0.140. The van der Waals surface area contributed by atoms with Crippen LogP contribution in [0.4, 0.5) is 0 Å². The monoisotopic (exact) mass is 864 g/mol. The van der Waals surface area contributed by atoms with Gasteiger partial charge in [0.25, 0.3) is 0 Å². The van der Waals surface area contributed by atoms with Crippen LogP contribution in [0.5, 0.6) is 0 Å². The highest BCUT2D eigenvalue weighted by atomic mass is 16.4. The highest BCUT2D eigenvalue weighted by Gasteiger charge is 2.51. The summed E-state index contributed by atoms with van der Waals surface area (Å²) in [6.45, 7) is 3.12. The summed E-state index contributed by atoms with van der Waals surface area (Å²) in [6, 6.07) is 0. The lowest BCUT2D eigenvalue weighted by atomic mass is 9.68. The second kappa shape index (κ2) is 18.4. The Morgan fingerprint density at radius 3 is 1.60 bits per heavy atom. The van der Waals surface area contributed by atoms with Gasteiger partial charge in [-0.25, -0.2) is 0 Å². The van der Waals surface area contributed by atoms with Crippen molar-refractivity contribution < 1.29 is 79.2 Å². The number of allylic oxidation sites excluding steroid dienone is 6. The molecule has 0 radical (unpaired) electrons. The molecule has 1 aromatic heterocycles. The first-order valence-corrected chi connectivity index (χ1v) is 19.8. The summed E-state index contributed by atoms with van der Waals surface area (Å²) in [5.41, 5.74) is -0.823. The first kappa shape index (κ1) is 46.2. The Balaban J connectivity index is 1.94. The average Bonchev–Trinajstić information content (AvgIpc) is 3.77. The molecule has 0 saturated heterocycles. The van der Waals surface area contributed by atoms with Crippen LogP contribution in [0.25, 0.3) is 6.08 Å². The van der Waals surface area contributed by atoms with Crippen LogP contribution in [-0.4, -0.2) is 105 Å². The van der Waals surface area contributed by atoms with E-state index in [0.29, 0.717) is 11.3 Å². The molecule has 62 heavy (non-hydrogen) atoms. The molecular formula is C42H48N4O16. The largest absolute Gasteiger partial charge is 0.481 e. The number of carboxylic acid groups (broad SMARTS) is 8. The number of aliphatic carboxylic acids is 8. The predicted octanol–water partition coefficient (Wildman–Crippen LogP) is 3.97. The van der Waals surface area contributed by atoms with Crippen molar-refractivity contribution >= 4 is 65.3 Å². The van der Waals surface area contributed by atoms with Gasteiger partial charge >= 0.3 is 47.8 Å². The number of hydrogen-bond acceptors (Lipinski definition) is 11. The highest BCUT2D eigenvalue weighted by Crippen LogP contribution is 2.53. The van der Waals surface area contributed by atoms with Gasteiger partial charge in [0.05, 0.1) is 25.7 Å². The zero-order valence-corrected chi connectivity index (χ0v) is 33.9. The van der Waals surface area contributed by atoms with Crippen LogP contribution in [0.15, 0.2) is 50.5 Å². The normalized spacial score (nSPS) is 24.8. The van der Waals surface area contributed by atoms with Crippen LogP contribution in [0.2, 0.25) is 0 Å². The van der Waals surface area contributed by atoms with Crippen molar-refractivity contribution in [3.05, 3.63) is 63.0 Å². The summed E-state index contributed by atoms with van der Waals surface area (Å²) in [4.78, 5) is 111. The van der Waals surface area contributed by atoms with E-state index < -0.39 is 128 Å². The van der Waals surface area contributed by atoms with E-state index in [2.05, 4.69) is 10.3 Å². The molecule has 8 bridgehead atoms. The van der Waals surface area contributed by atoms with E-state index in [4.69, 9.17) is 9.98 Å². The number of carbonyl (C=O) groups is 8. The molecule has 0 aliphatic carbocycles. The topological polar surface area (TPSA) is 351 Å². The molecule has 0 aromatic carbocycles. The summed E-state index contributed by atoms with van der Waals surface area (Å²) in [5.74, 6) is -12.9. The maximum absolute atomic E-state index is 12.6. The minimum atomic E-state index is -1.48. The maximum atomic E-state index is 12.6. The Kier molecular flexibility index (Phi) is 13.7. The van der Waals surface area contributed by atoms with E-state index in [9.17, 15) is 79.2 Å². The third-order valence-electron chi connectivity index (χ3n) is 12.2. The smallest absolute Gasteiger partial charge is 0.307 e. The van der Waals surface area contributed by atoms with Gasteiger partial charge in [-0.3, -0.25) is 48.3 Å². The molecule has 0 spiro atoms. The number of H-pyrrole nitrogens is 1. The quantitative estimate of drug-likeness (QED) is 0.0886. The molecule has 10 N–H and O–H groups in total. The van der Waals surface area contributed by atoms with Crippen molar-refractivity contribution in [1.82, 2.24) is 10.3 Å². The Bertz CT molecular complexity index is 2310. The maximum Gasteiger partial charge on any atom is 0.307 e. The fraction of sp³-hybridized carbons (Fsp3) is 0.476. The fourth-order valence-electron chi connectivity index (χ4n) is 9.32. The lowest BCUT2D eigenvalue weighted by Crippen LogP contribution is -2.34. The minimum absolute atomic E-state index is 0.0760. The number of aromatic nitrogens is 1. The number of hydrogen-bond donors (Lipinski definition) is 10. The molecule has 0 amide bonds. The van der Waals surface area contributed by atoms with Crippen LogP contribution in [-0.2, 0) is 57.6 Å². The van der Waals surface area contributed by atoms with Crippen molar-refractivity contribution in [2.24, 2.45) is 38.6 Å². The molecule has 4 aliphatic heterocycles. The van der Waals surface area contributed by atoms with E-state index in [-0.39, 0.29) is 83.1 Å².